The van der Waals surface area contributed by atoms with Gasteiger partial charge in [0.2, 0.25) is 0 Å². The van der Waals surface area contributed by atoms with Crippen LogP contribution in [0, 0.1) is 0 Å². The van der Waals surface area contributed by atoms with Crippen LogP contribution >= 0.6 is 12.6 Å². The lowest BCUT2D eigenvalue weighted by atomic mass is 10.3. The molecule has 0 amide bonds. The SMILES string of the molecule is SCCCCOCC1COCCOCCOCCOCCO1. The van der Waals surface area contributed by atoms with Crippen LogP contribution in [0.5, 0.6) is 0 Å². The zero-order chi connectivity index (χ0) is 15.7. The van der Waals surface area contributed by atoms with Crippen LogP contribution < -0.4 is 0 Å². The molecular weight excluding hydrogens is 308 g/mol. The van der Waals surface area contributed by atoms with E-state index in [9.17, 15) is 0 Å². The fraction of sp³-hybridized carbons (Fsp3) is 1.00. The Bertz CT molecular complexity index is 216. The molecule has 1 atom stereocenters. The highest BCUT2D eigenvalue weighted by Gasteiger charge is 2.10. The van der Waals surface area contributed by atoms with Gasteiger partial charge in [0.05, 0.1) is 66.1 Å². The predicted molar refractivity (Wildman–Crippen MR) is 86.9 cm³/mol. The van der Waals surface area contributed by atoms with E-state index in [4.69, 9.17) is 28.4 Å². The minimum atomic E-state index is -0.0685. The standard InChI is InChI=1S/C15H30O6S/c22-12-2-1-3-19-13-15-14-20-9-8-17-5-4-16-6-7-18-10-11-21-15/h15,22H,1-14H2. The topological polar surface area (TPSA) is 55.4 Å². The summed E-state index contributed by atoms with van der Waals surface area (Å²) in [4.78, 5) is 0. The Balaban J connectivity index is 2.18. The number of hydrogen-bond donors (Lipinski definition) is 1. The zero-order valence-electron chi connectivity index (χ0n) is 13.4. The van der Waals surface area contributed by atoms with E-state index in [2.05, 4.69) is 12.6 Å². The van der Waals surface area contributed by atoms with Gasteiger partial charge in [-0.25, -0.2) is 0 Å². The minimum absolute atomic E-state index is 0.0685. The van der Waals surface area contributed by atoms with Crippen LogP contribution in [-0.2, 0) is 28.4 Å². The monoisotopic (exact) mass is 338 g/mol. The molecule has 1 aliphatic rings. The average molecular weight is 338 g/mol. The highest BCUT2D eigenvalue weighted by Crippen LogP contribution is 1.99. The molecule has 6 nitrogen and oxygen atoms in total. The van der Waals surface area contributed by atoms with Crippen LogP contribution in [0.25, 0.3) is 0 Å². The molecule has 132 valence electrons. The fourth-order valence-electron chi connectivity index (χ4n) is 1.82. The number of thiol groups is 1. The second kappa shape index (κ2) is 16.0. The first-order valence-corrected chi connectivity index (χ1v) is 8.68. The molecule has 0 N–H and O–H groups in total. The van der Waals surface area contributed by atoms with Gasteiger partial charge in [0.1, 0.15) is 6.10 Å². The molecule has 1 aliphatic heterocycles. The van der Waals surface area contributed by atoms with Gasteiger partial charge >= 0.3 is 0 Å². The van der Waals surface area contributed by atoms with Gasteiger partial charge in [-0.15, -0.1) is 0 Å². The molecule has 22 heavy (non-hydrogen) atoms. The summed E-state index contributed by atoms with van der Waals surface area (Å²) in [5.41, 5.74) is 0. The molecule has 1 rings (SSSR count). The smallest absolute Gasteiger partial charge is 0.104 e. The Morgan fingerprint density at radius 3 is 2.00 bits per heavy atom. The second-order valence-corrected chi connectivity index (χ2v) is 5.36. The summed E-state index contributed by atoms with van der Waals surface area (Å²) in [5.74, 6) is 0.896. The molecule has 1 unspecified atom stereocenters. The van der Waals surface area contributed by atoms with Crippen molar-refractivity contribution in [3.8, 4) is 0 Å². The van der Waals surface area contributed by atoms with Crippen LogP contribution in [0.3, 0.4) is 0 Å². The molecule has 0 aromatic rings. The van der Waals surface area contributed by atoms with Crippen molar-refractivity contribution in [2.75, 3.05) is 78.4 Å². The third-order valence-electron chi connectivity index (χ3n) is 3.00. The number of rotatable bonds is 6. The van der Waals surface area contributed by atoms with Crippen LogP contribution in [0.2, 0.25) is 0 Å². The number of ether oxygens (including phenoxy) is 6. The van der Waals surface area contributed by atoms with Crippen LogP contribution in [0.1, 0.15) is 12.8 Å². The van der Waals surface area contributed by atoms with E-state index in [1.165, 1.54) is 0 Å². The molecule has 0 saturated carbocycles. The summed E-state index contributed by atoms with van der Waals surface area (Å²) in [6.07, 6.45) is 2.02. The van der Waals surface area contributed by atoms with Crippen molar-refractivity contribution in [1.29, 1.82) is 0 Å². The predicted octanol–water partition coefficient (Wildman–Crippen LogP) is 1.18. The highest BCUT2D eigenvalue weighted by molar-refractivity contribution is 7.80. The minimum Gasteiger partial charge on any atom is -0.379 e. The Labute approximate surface area is 139 Å². The van der Waals surface area contributed by atoms with Crippen molar-refractivity contribution >= 4 is 12.6 Å². The molecule has 1 saturated heterocycles. The van der Waals surface area contributed by atoms with E-state index < -0.39 is 0 Å². The van der Waals surface area contributed by atoms with Crippen LogP contribution in [0.15, 0.2) is 0 Å². The average Bonchev–Trinajstić information content (AvgIpc) is 2.54. The molecule has 0 bridgehead atoms. The van der Waals surface area contributed by atoms with Gasteiger partial charge in [0.25, 0.3) is 0 Å². The maximum atomic E-state index is 5.75. The van der Waals surface area contributed by atoms with Crippen molar-refractivity contribution in [2.24, 2.45) is 0 Å². The summed E-state index contributed by atoms with van der Waals surface area (Å²) >= 11 is 4.18. The molecule has 0 aromatic heterocycles. The van der Waals surface area contributed by atoms with Gasteiger partial charge in [0.15, 0.2) is 0 Å². The Kier molecular flexibility index (Phi) is 14.6. The number of unbranched alkanes of at least 4 members (excludes halogenated alkanes) is 1. The fourth-order valence-corrected chi connectivity index (χ4v) is 2.05. The van der Waals surface area contributed by atoms with Gasteiger partial charge in [-0.05, 0) is 18.6 Å². The first-order valence-electron chi connectivity index (χ1n) is 8.04. The van der Waals surface area contributed by atoms with Gasteiger partial charge in [-0.3, -0.25) is 0 Å². The third-order valence-corrected chi connectivity index (χ3v) is 3.32. The molecule has 1 fully saturated rings. The van der Waals surface area contributed by atoms with E-state index in [1.54, 1.807) is 0 Å². The molecule has 1 heterocycles. The van der Waals surface area contributed by atoms with Crippen LogP contribution in [0.4, 0.5) is 0 Å². The van der Waals surface area contributed by atoms with Gasteiger partial charge in [0, 0.05) is 6.61 Å². The molecule has 0 spiro atoms. The molecule has 0 aliphatic carbocycles. The Morgan fingerprint density at radius 2 is 1.36 bits per heavy atom. The van der Waals surface area contributed by atoms with Crippen LogP contribution in [-0.4, -0.2) is 84.5 Å². The van der Waals surface area contributed by atoms with Gasteiger partial charge in [-0.2, -0.15) is 12.6 Å². The largest absolute Gasteiger partial charge is 0.379 e. The number of hydrogen-bond acceptors (Lipinski definition) is 7. The molecule has 7 heteroatoms. The van der Waals surface area contributed by atoms with Crippen molar-refractivity contribution in [3.63, 3.8) is 0 Å². The first-order chi connectivity index (χ1) is 10.9. The summed E-state index contributed by atoms with van der Waals surface area (Å²) in [6, 6.07) is 0. The van der Waals surface area contributed by atoms with E-state index >= 15 is 0 Å². The Morgan fingerprint density at radius 1 is 0.773 bits per heavy atom. The molecule has 0 aromatic carbocycles. The molecular formula is C15H30O6S. The first kappa shape index (κ1) is 20.2. The van der Waals surface area contributed by atoms with E-state index in [0.717, 1.165) is 25.2 Å². The van der Waals surface area contributed by atoms with Crippen molar-refractivity contribution < 1.29 is 28.4 Å². The van der Waals surface area contributed by atoms with E-state index in [0.29, 0.717) is 66.1 Å². The maximum absolute atomic E-state index is 5.75. The summed E-state index contributed by atoms with van der Waals surface area (Å²) in [5, 5.41) is 0. The van der Waals surface area contributed by atoms with E-state index in [-0.39, 0.29) is 6.10 Å². The second-order valence-electron chi connectivity index (χ2n) is 4.91. The van der Waals surface area contributed by atoms with Crippen molar-refractivity contribution in [2.45, 2.75) is 18.9 Å². The lowest BCUT2D eigenvalue weighted by molar-refractivity contribution is -0.0777. The maximum Gasteiger partial charge on any atom is 0.104 e. The zero-order valence-corrected chi connectivity index (χ0v) is 14.3. The van der Waals surface area contributed by atoms with Gasteiger partial charge < -0.3 is 28.4 Å². The summed E-state index contributed by atoms with van der Waals surface area (Å²) < 4.78 is 33.2. The third kappa shape index (κ3) is 12.6. The summed E-state index contributed by atoms with van der Waals surface area (Å²) in [6.45, 7) is 6.30. The summed E-state index contributed by atoms with van der Waals surface area (Å²) in [7, 11) is 0. The quantitative estimate of drug-likeness (QED) is 0.580. The lowest BCUT2D eigenvalue weighted by Gasteiger charge is -2.18. The normalized spacial score (nSPS) is 23.6. The molecule has 0 radical (unpaired) electrons. The lowest BCUT2D eigenvalue weighted by Crippen LogP contribution is -2.28. The van der Waals surface area contributed by atoms with Crippen molar-refractivity contribution in [1.82, 2.24) is 0 Å². The highest BCUT2D eigenvalue weighted by atomic mass is 32.1. The Hall–Kier alpha value is 0.110. The van der Waals surface area contributed by atoms with Crippen molar-refractivity contribution in [3.05, 3.63) is 0 Å². The van der Waals surface area contributed by atoms with E-state index in [1.807, 2.05) is 0 Å². The van der Waals surface area contributed by atoms with Gasteiger partial charge in [-0.1, -0.05) is 0 Å².